The molecule has 3 N–H and O–H groups in total. The summed E-state index contributed by atoms with van der Waals surface area (Å²) in [5.41, 5.74) is 0. The maximum atomic E-state index is 11.0. The van der Waals surface area contributed by atoms with Crippen LogP contribution < -0.4 is 10.6 Å². The molecule has 0 radical (unpaired) electrons. The second-order valence-electron chi connectivity index (χ2n) is 5.84. The monoisotopic (exact) mass is 389 g/mol. The normalized spacial score (nSPS) is 16.1. The first-order valence-electron chi connectivity index (χ1n) is 8.90. The van der Waals surface area contributed by atoms with E-state index in [2.05, 4.69) is 10.6 Å². The maximum Gasteiger partial charge on any atom is 0.239 e. The Morgan fingerprint density at radius 2 is 1.74 bits per heavy atom. The summed E-state index contributed by atoms with van der Waals surface area (Å²) < 4.78 is 10.5. The van der Waals surface area contributed by atoms with Crippen molar-refractivity contribution >= 4 is 23.6 Å². The summed E-state index contributed by atoms with van der Waals surface area (Å²) in [6.45, 7) is 6.26. The van der Waals surface area contributed by atoms with E-state index in [0.29, 0.717) is 37.9 Å². The highest BCUT2D eigenvalue weighted by atomic mass is 16.5. The van der Waals surface area contributed by atoms with E-state index in [4.69, 9.17) is 14.6 Å². The van der Waals surface area contributed by atoms with E-state index in [-0.39, 0.29) is 43.1 Å². The van der Waals surface area contributed by atoms with Crippen molar-refractivity contribution in [2.45, 2.75) is 26.7 Å². The summed E-state index contributed by atoms with van der Waals surface area (Å²) in [6.07, 6.45) is 0.311. The molecule has 27 heavy (non-hydrogen) atoms. The molecule has 0 bridgehead atoms. The Morgan fingerprint density at radius 1 is 1.15 bits per heavy atom. The number of likely N-dealkylation sites (tertiary alicyclic amines) is 1. The number of carbonyl (C=O) groups excluding carboxylic acids is 4. The van der Waals surface area contributed by atoms with Gasteiger partial charge in [-0.05, 0) is 7.05 Å². The molecule has 1 aliphatic rings. The fraction of sp³-hybridized carbons (Fsp3) is 0.765. The molecule has 0 aromatic rings. The molecule has 0 aromatic carbocycles. The molecule has 0 aromatic heterocycles. The fourth-order valence-electron chi connectivity index (χ4n) is 2.06. The van der Waals surface area contributed by atoms with Gasteiger partial charge in [0.25, 0.3) is 0 Å². The third-order valence-corrected chi connectivity index (χ3v) is 3.46. The molecule has 1 aliphatic heterocycles. The number of likely N-dealkylation sites (N-methyl/N-ethyl adjacent to an activating group) is 1. The number of aliphatic hydroxyl groups is 1. The van der Waals surface area contributed by atoms with Crippen molar-refractivity contribution in [3.8, 4) is 0 Å². The number of nitrogens with one attached hydrogen (secondary N) is 2. The fourth-order valence-corrected chi connectivity index (χ4v) is 2.06. The number of nitrogens with zero attached hydrogens (tertiary/aromatic N) is 1. The van der Waals surface area contributed by atoms with Crippen LogP contribution in [0.25, 0.3) is 0 Å². The van der Waals surface area contributed by atoms with Gasteiger partial charge in [-0.15, -0.1) is 0 Å². The Bertz CT molecular complexity index is 485. The second kappa shape index (κ2) is 15.2. The zero-order chi connectivity index (χ0) is 20.7. The lowest BCUT2D eigenvalue weighted by Gasteiger charge is -2.07. The van der Waals surface area contributed by atoms with Crippen LogP contribution in [-0.4, -0.2) is 86.8 Å². The van der Waals surface area contributed by atoms with Crippen LogP contribution >= 0.6 is 0 Å². The van der Waals surface area contributed by atoms with Crippen LogP contribution in [0.2, 0.25) is 0 Å². The molecule has 0 aliphatic carbocycles. The van der Waals surface area contributed by atoms with Crippen molar-refractivity contribution in [2.24, 2.45) is 5.92 Å². The Hall–Kier alpha value is -1.88. The molecule has 4 amide bonds. The molecule has 1 rings (SSSR count). The zero-order valence-corrected chi connectivity index (χ0v) is 16.3. The van der Waals surface area contributed by atoms with Gasteiger partial charge in [0.15, 0.2) is 0 Å². The molecular weight excluding hydrogens is 358 g/mol. The Balaban J connectivity index is 0.000000533. The summed E-state index contributed by atoms with van der Waals surface area (Å²) in [5, 5.41) is 14.1. The van der Waals surface area contributed by atoms with Gasteiger partial charge in [0.1, 0.15) is 0 Å². The highest BCUT2D eigenvalue weighted by Gasteiger charge is 2.37. The number of hydrogen-bond donors (Lipinski definition) is 3. The topological polar surface area (TPSA) is 134 Å². The van der Waals surface area contributed by atoms with Crippen LogP contribution in [0.15, 0.2) is 0 Å². The molecule has 10 nitrogen and oxygen atoms in total. The lowest BCUT2D eigenvalue weighted by molar-refractivity contribution is -0.148. The molecule has 1 atom stereocenters. The van der Waals surface area contributed by atoms with Gasteiger partial charge < -0.3 is 25.2 Å². The van der Waals surface area contributed by atoms with Crippen LogP contribution in [0.3, 0.4) is 0 Å². The molecule has 1 unspecified atom stereocenters. The van der Waals surface area contributed by atoms with Gasteiger partial charge in [0.2, 0.25) is 23.6 Å². The number of ether oxygens (including phenoxy) is 2. The first-order chi connectivity index (χ1) is 12.8. The maximum absolute atomic E-state index is 11.0. The molecule has 1 fully saturated rings. The minimum atomic E-state index is -0.482. The van der Waals surface area contributed by atoms with Crippen molar-refractivity contribution < 1.29 is 33.8 Å². The summed E-state index contributed by atoms with van der Waals surface area (Å²) >= 11 is 0. The number of aliphatic hydroxyl groups excluding tert-OH is 1. The molecule has 1 heterocycles. The standard InChI is InChI=1S/C10H22N2O4.C7H9NO3/c1-11-3-6-15-8-9-16-7-4-12-10(14)2-5-13;1-4-3-6(10)8(5(2)9)7(4)11/h11,13H,2-9H2,1H3,(H,12,14);4H,3H2,1-2H3. The highest BCUT2D eigenvalue weighted by Crippen LogP contribution is 2.18. The third kappa shape index (κ3) is 11.4. The Labute approximate surface area is 159 Å². The zero-order valence-electron chi connectivity index (χ0n) is 16.3. The second-order valence-corrected chi connectivity index (χ2v) is 5.84. The predicted molar refractivity (Wildman–Crippen MR) is 96.6 cm³/mol. The quantitative estimate of drug-likeness (QED) is 0.292. The predicted octanol–water partition coefficient (Wildman–Crippen LogP) is -1.33. The van der Waals surface area contributed by atoms with Crippen LogP contribution in [0.1, 0.15) is 26.7 Å². The van der Waals surface area contributed by atoms with Gasteiger partial charge in [0, 0.05) is 38.8 Å². The van der Waals surface area contributed by atoms with Gasteiger partial charge >= 0.3 is 0 Å². The smallest absolute Gasteiger partial charge is 0.239 e. The summed E-state index contributed by atoms with van der Waals surface area (Å²) in [6, 6.07) is 0. The van der Waals surface area contributed by atoms with Gasteiger partial charge in [-0.3, -0.25) is 19.2 Å². The van der Waals surface area contributed by atoms with Crippen molar-refractivity contribution in [3.05, 3.63) is 0 Å². The van der Waals surface area contributed by atoms with E-state index < -0.39 is 5.91 Å². The van der Waals surface area contributed by atoms with Gasteiger partial charge in [-0.2, -0.15) is 0 Å². The Morgan fingerprint density at radius 3 is 2.15 bits per heavy atom. The molecule has 0 saturated carbocycles. The summed E-state index contributed by atoms with van der Waals surface area (Å²) in [4.78, 5) is 44.3. The van der Waals surface area contributed by atoms with Crippen LogP contribution in [0, 0.1) is 5.92 Å². The molecule has 10 heteroatoms. The van der Waals surface area contributed by atoms with Crippen LogP contribution in [0.5, 0.6) is 0 Å². The molecule has 1 saturated heterocycles. The van der Waals surface area contributed by atoms with E-state index in [1.807, 2.05) is 7.05 Å². The van der Waals surface area contributed by atoms with E-state index in [9.17, 15) is 19.2 Å². The van der Waals surface area contributed by atoms with E-state index in [0.717, 1.165) is 6.54 Å². The van der Waals surface area contributed by atoms with Crippen molar-refractivity contribution in [1.29, 1.82) is 0 Å². The third-order valence-electron chi connectivity index (χ3n) is 3.46. The first-order valence-corrected chi connectivity index (χ1v) is 8.90. The van der Waals surface area contributed by atoms with Crippen molar-refractivity contribution in [2.75, 3.05) is 53.2 Å². The lowest BCUT2D eigenvalue weighted by Crippen LogP contribution is -2.34. The van der Waals surface area contributed by atoms with E-state index >= 15 is 0 Å². The van der Waals surface area contributed by atoms with Crippen molar-refractivity contribution in [3.63, 3.8) is 0 Å². The SMILES string of the molecule is CC(=O)N1C(=O)CC(C)C1=O.CNCCOCCOCCNC(=O)CCO. The largest absolute Gasteiger partial charge is 0.396 e. The van der Waals surface area contributed by atoms with Gasteiger partial charge in [-0.25, -0.2) is 4.90 Å². The molecule has 156 valence electrons. The minimum Gasteiger partial charge on any atom is -0.396 e. The molecular formula is C17H31N3O7. The number of imide groups is 3. The average molecular weight is 389 g/mol. The Kier molecular flexibility index (Phi) is 14.1. The first kappa shape index (κ1) is 25.1. The number of rotatable bonds is 11. The molecule has 0 spiro atoms. The van der Waals surface area contributed by atoms with Crippen molar-refractivity contribution in [1.82, 2.24) is 15.5 Å². The number of carbonyl (C=O) groups is 4. The van der Waals surface area contributed by atoms with E-state index in [1.54, 1.807) is 6.92 Å². The number of amides is 4. The number of hydrogen-bond acceptors (Lipinski definition) is 8. The van der Waals surface area contributed by atoms with Gasteiger partial charge in [-0.1, -0.05) is 6.92 Å². The minimum absolute atomic E-state index is 0.119. The lowest BCUT2D eigenvalue weighted by atomic mass is 10.1. The van der Waals surface area contributed by atoms with Gasteiger partial charge in [0.05, 0.1) is 33.0 Å². The summed E-state index contributed by atoms with van der Waals surface area (Å²) in [5.74, 6) is -1.72. The van der Waals surface area contributed by atoms with Crippen LogP contribution in [-0.2, 0) is 28.7 Å². The van der Waals surface area contributed by atoms with E-state index in [1.165, 1.54) is 6.92 Å². The highest BCUT2D eigenvalue weighted by molar-refractivity contribution is 6.15. The van der Waals surface area contributed by atoms with Crippen LogP contribution in [0.4, 0.5) is 0 Å². The summed E-state index contributed by atoms with van der Waals surface area (Å²) in [7, 11) is 1.87. The average Bonchev–Trinajstić information content (AvgIpc) is 2.86.